The molecule has 0 aliphatic carbocycles. The number of thiophene rings is 1. The Morgan fingerprint density at radius 3 is 1.65 bits per heavy atom. The van der Waals surface area contributed by atoms with E-state index in [1.807, 2.05) is 32.0 Å². The van der Waals surface area contributed by atoms with Gasteiger partial charge in [-0.25, -0.2) is 0 Å². The Balaban J connectivity index is 1.18. The van der Waals surface area contributed by atoms with Gasteiger partial charge in [0.25, 0.3) is 0 Å². The molecule has 5 aromatic rings. The molecule has 3 aromatic carbocycles. The number of unbranched alkanes of at least 4 members (excludes halogenated alkanes) is 2. The Bertz CT molecular complexity index is 4890. The number of phenols is 1. The Hall–Kier alpha value is -12.3. The topological polar surface area (TPSA) is 604 Å². The lowest BCUT2D eigenvalue weighted by atomic mass is 10.00. The molecule has 2 aromatic heterocycles. The molecule has 0 bridgehead atoms. The number of carbonyl (C=O) groups excluding carboxylic acids is 18. The number of primary amides is 3. The molecule has 8 rings (SSSR count). The Kier molecular flexibility index (Phi) is 39.2. The fourth-order valence-corrected chi connectivity index (χ4v) is 17.9. The van der Waals surface area contributed by atoms with E-state index in [4.69, 9.17) is 22.9 Å². The number of nitrogens with zero attached hydrogens (tertiary/aromatic N) is 5. The van der Waals surface area contributed by atoms with Gasteiger partial charge in [0.15, 0.2) is 0 Å². The second-order valence-electron chi connectivity index (χ2n) is 33.5. The minimum atomic E-state index is -1.84. The number of hydrogen-bond acceptors (Lipinski definition) is 23. The van der Waals surface area contributed by atoms with Gasteiger partial charge in [-0.05, 0) is 129 Å². The molecule has 3 aliphatic heterocycles. The maximum absolute atomic E-state index is 15.7. The third-order valence-corrected chi connectivity index (χ3v) is 25.4. The number of H-pyrrole nitrogens is 1. The number of aliphatic hydroxyl groups is 1. The minimum Gasteiger partial charge on any atom is -0.508 e. The van der Waals surface area contributed by atoms with Crippen LogP contribution in [0.15, 0.2) is 84.4 Å². The van der Waals surface area contributed by atoms with Crippen molar-refractivity contribution in [1.82, 2.24) is 82.7 Å². The highest BCUT2D eigenvalue weighted by molar-refractivity contribution is 8.00. The van der Waals surface area contributed by atoms with Crippen LogP contribution in [0.4, 0.5) is 0 Å². The zero-order valence-electron chi connectivity index (χ0n) is 74.5. The van der Waals surface area contributed by atoms with Crippen LogP contribution in [0.5, 0.6) is 5.75 Å². The number of aromatic hydroxyl groups is 1. The summed E-state index contributed by atoms with van der Waals surface area (Å²) in [5.41, 5.74) is 25.0. The van der Waals surface area contributed by atoms with Crippen molar-refractivity contribution in [3.8, 4) is 5.75 Å². The van der Waals surface area contributed by atoms with Crippen molar-refractivity contribution in [3.05, 3.63) is 101 Å². The van der Waals surface area contributed by atoms with Crippen molar-refractivity contribution >= 4 is 150 Å². The molecule has 5 heterocycles. The Morgan fingerprint density at radius 2 is 1.03 bits per heavy atom. The highest BCUT2D eigenvalue weighted by atomic mass is 32.2. The molecular formula is C88H124N20O20S2. The summed E-state index contributed by atoms with van der Waals surface area (Å²) < 4.78 is 0.826. The first kappa shape index (κ1) is 103. The van der Waals surface area contributed by atoms with Gasteiger partial charge in [0.1, 0.15) is 90.3 Å². The smallest absolute Gasteiger partial charge is 0.246 e. The molecule has 0 spiro atoms. The summed E-state index contributed by atoms with van der Waals surface area (Å²) in [5.74, 6) is -18.4. The predicted octanol–water partition coefficient (Wildman–Crippen LogP) is -1.78. The zero-order chi connectivity index (χ0) is 95.3. The van der Waals surface area contributed by atoms with Crippen molar-refractivity contribution in [2.75, 3.05) is 65.4 Å². The van der Waals surface area contributed by atoms with Gasteiger partial charge in [0, 0.05) is 81.0 Å². The molecule has 3 aliphatic rings. The standard InChI is InChI=1S/C88H124N20O20S2/c1-9-11-24-66-81(121)96-57(23-17-33-89)77(117)103-65(76(116)94-43-73(92)113)46-129-47-74(114)95-61(37-50-29-31-53(110)32-30-50)84(124)104(6)49(5)75(115)99-63(41-72(91)112)87(127)108-35-19-27-68(108)83(123)98-59(40-71(90)111)79(119)100-60(36-48(3)4)86(126)107-34-18-26-67(107)82(122)97-58(38-51-42-93-56-22-15-13-20-54(51)56)78(118)102-64(44-109)80(120)101-62(39-52-45-130-70-28-16-14-21-55(52)70)85(125)106(8)69(25-12-10-2)88(128)105(66)7/h13-16,20-22,28-32,42,45,48-49,57-69,93,109-110H,9-12,17-19,23-27,33-41,43-44,46-47,89H2,1-8H3,(H2,90,111)(H2,91,112)(H2,92,113)(H,94,116)(H,95,114)(H,96,121)(H,97,122)(H,98,123)(H,99,115)(H,100,119)(H,101,120)(H,102,118)(H,103,117)/t49-,57-,58-,59-,60-,61-,62-,63+,64-,65-,66-,67-,68-,69-/m0/s1. The first-order chi connectivity index (χ1) is 61.9. The minimum absolute atomic E-state index is 0.00614. The number of carbonyl (C=O) groups is 18. The molecular weight excluding hydrogens is 1720 g/mol. The number of phenolic OH excluding ortho intramolecular Hbond substituents is 1. The first-order valence-corrected chi connectivity index (χ1v) is 45.8. The molecule has 40 nitrogen and oxygen atoms in total. The number of nitrogens with two attached hydrogens (primary N) is 4. The average molecular weight is 1850 g/mol. The molecule has 18 amide bonds. The van der Waals surface area contributed by atoms with Crippen LogP contribution in [0.25, 0.3) is 21.0 Å². The number of para-hydroxylation sites is 1. The van der Waals surface area contributed by atoms with Crippen molar-refractivity contribution in [2.24, 2.45) is 28.9 Å². The van der Waals surface area contributed by atoms with Crippen LogP contribution in [0.2, 0.25) is 0 Å². The van der Waals surface area contributed by atoms with E-state index in [0.717, 1.165) is 31.6 Å². The van der Waals surface area contributed by atoms with Gasteiger partial charge in [-0.1, -0.05) is 102 Å². The number of hydrogen-bond donors (Lipinski definition) is 17. The van der Waals surface area contributed by atoms with Crippen molar-refractivity contribution in [3.63, 3.8) is 0 Å². The summed E-state index contributed by atoms with van der Waals surface area (Å²) in [6.45, 7) is 6.48. The summed E-state index contributed by atoms with van der Waals surface area (Å²) in [6.07, 6.45) is 1.25. The summed E-state index contributed by atoms with van der Waals surface area (Å²) in [4.78, 5) is 270. The fraction of sp³-hybridized carbons (Fsp3) is 0.545. The van der Waals surface area contributed by atoms with E-state index in [1.165, 1.54) is 78.4 Å². The third-order valence-electron chi connectivity index (χ3n) is 23.3. The lowest BCUT2D eigenvalue weighted by Gasteiger charge is -2.36. The van der Waals surface area contributed by atoms with Gasteiger partial charge >= 0.3 is 0 Å². The number of aromatic amines is 1. The van der Waals surface area contributed by atoms with E-state index in [2.05, 4.69) is 58.2 Å². The molecule has 14 atom stereocenters. The number of amides is 18. The molecule has 3 fully saturated rings. The highest BCUT2D eigenvalue weighted by Crippen LogP contribution is 2.30. The predicted molar refractivity (Wildman–Crippen MR) is 483 cm³/mol. The second kappa shape index (κ2) is 49.5. The van der Waals surface area contributed by atoms with Crippen LogP contribution < -0.4 is 76.1 Å². The third kappa shape index (κ3) is 28.6. The van der Waals surface area contributed by atoms with E-state index >= 15 is 33.6 Å². The quantitative estimate of drug-likeness (QED) is 0.0307. The van der Waals surface area contributed by atoms with Crippen LogP contribution in [0.1, 0.15) is 148 Å². The zero-order valence-corrected chi connectivity index (χ0v) is 76.2. The van der Waals surface area contributed by atoms with Gasteiger partial charge in [-0.3, -0.25) is 86.3 Å². The summed E-state index contributed by atoms with van der Waals surface area (Å²) >= 11 is 2.14. The number of fused-ring (bicyclic) bond motifs is 4. The van der Waals surface area contributed by atoms with E-state index in [1.54, 1.807) is 55.8 Å². The number of aliphatic hydroxyl groups excluding tert-OH is 1. The Morgan fingerprint density at radius 1 is 0.515 bits per heavy atom. The van der Waals surface area contributed by atoms with Gasteiger partial charge in [0.05, 0.1) is 31.7 Å². The molecule has 3 saturated heterocycles. The van der Waals surface area contributed by atoms with Crippen LogP contribution in [-0.2, 0) is 106 Å². The van der Waals surface area contributed by atoms with Crippen LogP contribution in [0, 0.1) is 5.92 Å². The molecule has 708 valence electrons. The second-order valence-corrected chi connectivity index (χ2v) is 35.4. The fourth-order valence-electron chi connectivity index (χ4n) is 16.1. The number of rotatable bonds is 25. The van der Waals surface area contributed by atoms with E-state index < -0.39 is 228 Å². The normalized spacial score (nSPS) is 24.7. The number of benzene rings is 3. The highest BCUT2D eigenvalue weighted by Gasteiger charge is 2.46. The van der Waals surface area contributed by atoms with Crippen LogP contribution >= 0.6 is 23.1 Å². The van der Waals surface area contributed by atoms with E-state index in [0.29, 0.717) is 53.3 Å². The molecule has 42 heteroatoms. The monoisotopic (exact) mass is 1840 g/mol. The number of thioether (sulfide) groups is 1. The SMILES string of the molecule is CCCC[C@H]1C(=O)N(C)[C@@H](CCCC)C(=O)N[C@@H](CCCN)C(=O)N[C@H](C(=O)NCC(N)=O)CSCC(=O)N[C@@H](Cc2ccc(O)cc2)C(=O)N(C)[C@@H](C)C(=O)N[C@H](CC(N)=O)C(=O)N2CCC[C@H]2C(=O)N[C@@H](CC(N)=O)C(=O)N[C@@H](CC(C)C)C(=O)N2CCC[C@H]2C(=O)N[C@@H](Cc2c[nH]c3ccccc23)C(=O)N[C@@H](CO)C(=O)N[C@@H](Cc2csc3ccccc23)C(=O)N1C. The number of aromatic nitrogens is 1. The number of likely N-dealkylation sites (N-methyl/N-ethyl adjacent to an activating group) is 3. The Labute approximate surface area is 761 Å². The van der Waals surface area contributed by atoms with Crippen molar-refractivity contribution in [1.29, 1.82) is 0 Å². The molecule has 0 saturated carbocycles. The molecule has 130 heavy (non-hydrogen) atoms. The largest absolute Gasteiger partial charge is 0.508 e. The van der Waals surface area contributed by atoms with Crippen LogP contribution in [0.3, 0.4) is 0 Å². The molecule has 0 radical (unpaired) electrons. The molecule has 0 unspecified atom stereocenters. The van der Waals surface area contributed by atoms with Gasteiger partial charge < -0.3 is 116 Å². The maximum atomic E-state index is 15.7. The lowest BCUT2D eigenvalue weighted by molar-refractivity contribution is -0.149. The van der Waals surface area contributed by atoms with Gasteiger partial charge in [0.2, 0.25) is 106 Å². The summed E-state index contributed by atoms with van der Waals surface area (Å²) in [6, 6.07) is -1.62. The van der Waals surface area contributed by atoms with Gasteiger partial charge in [-0.2, -0.15) is 0 Å². The van der Waals surface area contributed by atoms with Gasteiger partial charge in [-0.15, -0.1) is 23.1 Å². The lowest BCUT2D eigenvalue weighted by Crippen LogP contribution is -2.62. The van der Waals surface area contributed by atoms with Crippen molar-refractivity contribution in [2.45, 2.75) is 235 Å². The van der Waals surface area contributed by atoms with E-state index in [-0.39, 0.29) is 108 Å². The first-order valence-electron chi connectivity index (χ1n) is 43.8. The van der Waals surface area contributed by atoms with E-state index in [9.17, 15) is 63.0 Å². The van der Waals surface area contributed by atoms with Crippen LogP contribution in [-0.4, -0.2) is 296 Å². The number of nitrogens with one attached hydrogen (secondary N) is 11. The van der Waals surface area contributed by atoms with Crippen molar-refractivity contribution < 1.29 is 96.5 Å². The summed E-state index contributed by atoms with van der Waals surface area (Å²) in [7, 11) is 3.94. The molecule has 21 N–H and O–H groups in total. The maximum Gasteiger partial charge on any atom is 0.246 e. The summed E-state index contributed by atoms with van der Waals surface area (Å²) in [5, 5.41) is 50.7. The average Bonchev–Trinajstić information content (AvgIpc) is 1.77.